The van der Waals surface area contributed by atoms with E-state index in [1.807, 2.05) is 30.3 Å². The largest absolute Gasteiger partial charge is 0.326 e. The second-order valence-electron chi connectivity index (χ2n) is 6.55. The van der Waals surface area contributed by atoms with Crippen molar-refractivity contribution in [1.82, 2.24) is 5.32 Å². The molecule has 1 unspecified atom stereocenters. The van der Waals surface area contributed by atoms with Crippen molar-refractivity contribution in [3.05, 3.63) is 66.2 Å². The van der Waals surface area contributed by atoms with E-state index in [0.29, 0.717) is 6.42 Å². The average molecular weight is 308 g/mol. The predicted octanol–water partition coefficient (Wildman–Crippen LogP) is 3.73. The monoisotopic (exact) mass is 308 g/mol. The lowest BCUT2D eigenvalue weighted by molar-refractivity contribution is -0.116. The van der Waals surface area contributed by atoms with Gasteiger partial charge in [-0.1, -0.05) is 48.5 Å². The zero-order valence-electron chi connectivity index (χ0n) is 13.6. The van der Waals surface area contributed by atoms with Crippen LogP contribution in [0.1, 0.15) is 31.7 Å². The first-order valence-electron chi connectivity index (χ1n) is 8.32. The number of carbonyl (C=O) groups is 1. The summed E-state index contributed by atoms with van der Waals surface area (Å²) in [6.07, 6.45) is 2.94. The topological polar surface area (TPSA) is 41.1 Å². The lowest BCUT2D eigenvalue weighted by atomic mass is 9.95. The average Bonchev–Trinajstić information content (AvgIpc) is 3.36. The molecule has 2 N–H and O–H groups in total. The van der Waals surface area contributed by atoms with Crippen molar-refractivity contribution >= 4 is 11.6 Å². The smallest absolute Gasteiger partial charge is 0.225 e. The summed E-state index contributed by atoms with van der Waals surface area (Å²) in [5, 5.41) is 6.48. The number of para-hydroxylation sites is 1. The number of carbonyl (C=O) groups excluding carboxylic acids is 1. The molecule has 0 bridgehead atoms. The Labute approximate surface area is 138 Å². The Hall–Kier alpha value is -2.13. The van der Waals surface area contributed by atoms with Crippen LogP contribution in [-0.2, 0) is 10.2 Å². The molecule has 1 fully saturated rings. The number of benzene rings is 2. The molecule has 0 saturated heterocycles. The Morgan fingerprint density at radius 2 is 1.65 bits per heavy atom. The third kappa shape index (κ3) is 4.20. The summed E-state index contributed by atoms with van der Waals surface area (Å²) in [6, 6.07) is 20.5. The molecule has 0 spiro atoms. The fraction of sp³-hybridized carbons (Fsp3) is 0.350. The van der Waals surface area contributed by atoms with Gasteiger partial charge in [0.15, 0.2) is 0 Å². The van der Waals surface area contributed by atoms with Gasteiger partial charge in [-0.2, -0.15) is 0 Å². The Morgan fingerprint density at radius 1 is 1.04 bits per heavy atom. The van der Waals surface area contributed by atoms with Gasteiger partial charge >= 0.3 is 0 Å². The maximum atomic E-state index is 12.1. The van der Waals surface area contributed by atoms with E-state index >= 15 is 0 Å². The van der Waals surface area contributed by atoms with E-state index in [2.05, 4.69) is 47.9 Å². The molecule has 3 nitrogen and oxygen atoms in total. The van der Waals surface area contributed by atoms with Crippen LogP contribution in [0.4, 0.5) is 5.69 Å². The predicted molar refractivity (Wildman–Crippen MR) is 94.5 cm³/mol. The Kier molecular flexibility index (Phi) is 4.77. The number of amides is 1. The summed E-state index contributed by atoms with van der Waals surface area (Å²) < 4.78 is 0. The maximum absolute atomic E-state index is 12.1. The van der Waals surface area contributed by atoms with E-state index in [0.717, 1.165) is 12.2 Å². The summed E-state index contributed by atoms with van der Waals surface area (Å²) in [7, 11) is 0. The molecule has 3 heteroatoms. The van der Waals surface area contributed by atoms with Crippen molar-refractivity contribution in [3.63, 3.8) is 0 Å². The molecule has 0 radical (unpaired) electrons. The first-order chi connectivity index (χ1) is 11.2. The molecule has 0 heterocycles. The van der Waals surface area contributed by atoms with Crippen LogP contribution in [0.15, 0.2) is 60.7 Å². The van der Waals surface area contributed by atoms with Crippen LogP contribution >= 0.6 is 0 Å². The van der Waals surface area contributed by atoms with Gasteiger partial charge in [0.1, 0.15) is 0 Å². The fourth-order valence-electron chi connectivity index (χ4n) is 2.96. The first kappa shape index (κ1) is 15.8. The summed E-state index contributed by atoms with van der Waals surface area (Å²) in [5.41, 5.74) is 2.55. The molecular weight excluding hydrogens is 284 g/mol. The molecule has 1 amide bonds. The van der Waals surface area contributed by atoms with Gasteiger partial charge in [-0.3, -0.25) is 4.79 Å². The van der Waals surface area contributed by atoms with Crippen molar-refractivity contribution in [1.29, 1.82) is 0 Å². The highest BCUT2D eigenvalue weighted by Crippen LogP contribution is 2.47. The van der Waals surface area contributed by atoms with E-state index in [4.69, 9.17) is 0 Å². The standard InChI is InChI=1S/C20H24N2O/c1-16(14-19(23)22-18-10-6-3-7-11-18)21-15-20(12-13-20)17-8-4-2-5-9-17/h2-11,16,21H,12-15H2,1H3,(H,22,23). The molecule has 120 valence electrons. The molecule has 1 aliphatic carbocycles. The lowest BCUT2D eigenvalue weighted by Crippen LogP contribution is -2.36. The zero-order chi connectivity index (χ0) is 16.1. The van der Waals surface area contributed by atoms with Gasteiger partial charge in [-0.05, 0) is 37.5 Å². The second-order valence-corrected chi connectivity index (χ2v) is 6.55. The number of anilines is 1. The maximum Gasteiger partial charge on any atom is 0.225 e. The Morgan fingerprint density at radius 3 is 2.26 bits per heavy atom. The molecule has 1 aliphatic rings. The first-order valence-corrected chi connectivity index (χ1v) is 8.32. The minimum atomic E-state index is 0.0563. The lowest BCUT2D eigenvalue weighted by Gasteiger charge is -2.20. The van der Waals surface area contributed by atoms with Gasteiger partial charge in [-0.25, -0.2) is 0 Å². The molecule has 1 saturated carbocycles. The van der Waals surface area contributed by atoms with Gasteiger partial charge in [0.05, 0.1) is 0 Å². The van der Waals surface area contributed by atoms with E-state index in [1.54, 1.807) is 0 Å². The van der Waals surface area contributed by atoms with Crippen LogP contribution in [0.25, 0.3) is 0 Å². The van der Waals surface area contributed by atoms with Crippen molar-refractivity contribution in [2.45, 2.75) is 37.6 Å². The van der Waals surface area contributed by atoms with E-state index in [1.165, 1.54) is 18.4 Å². The molecule has 2 aromatic carbocycles. The van der Waals surface area contributed by atoms with Crippen LogP contribution in [0.5, 0.6) is 0 Å². The second kappa shape index (κ2) is 6.97. The molecule has 3 rings (SSSR count). The minimum Gasteiger partial charge on any atom is -0.326 e. The summed E-state index contributed by atoms with van der Waals surface area (Å²) in [6.45, 7) is 3.02. The van der Waals surface area contributed by atoms with Gasteiger partial charge < -0.3 is 10.6 Å². The Balaban J connectivity index is 1.47. The normalized spacial score (nSPS) is 16.6. The summed E-state index contributed by atoms with van der Waals surface area (Å²) >= 11 is 0. The van der Waals surface area contributed by atoms with Crippen LogP contribution < -0.4 is 10.6 Å². The molecule has 2 aromatic rings. The number of nitrogens with one attached hydrogen (secondary N) is 2. The van der Waals surface area contributed by atoms with Gasteiger partial charge in [0.2, 0.25) is 5.91 Å². The van der Waals surface area contributed by atoms with Gasteiger partial charge in [0.25, 0.3) is 0 Å². The van der Waals surface area contributed by atoms with E-state index in [-0.39, 0.29) is 17.4 Å². The van der Waals surface area contributed by atoms with Crippen LogP contribution in [-0.4, -0.2) is 18.5 Å². The zero-order valence-corrected chi connectivity index (χ0v) is 13.6. The summed E-state index contributed by atoms with van der Waals surface area (Å²) in [4.78, 5) is 12.1. The van der Waals surface area contributed by atoms with E-state index in [9.17, 15) is 4.79 Å². The van der Waals surface area contributed by atoms with Crippen LogP contribution in [0.2, 0.25) is 0 Å². The van der Waals surface area contributed by atoms with E-state index < -0.39 is 0 Å². The Bertz CT molecular complexity index is 635. The van der Waals surface area contributed by atoms with Gasteiger partial charge in [-0.15, -0.1) is 0 Å². The SMILES string of the molecule is CC(CC(=O)Nc1ccccc1)NCC1(c2ccccc2)CC1. The third-order valence-corrected chi connectivity index (χ3v) is 4.58. The highest BCUT2D eigenvalue weighted by Gasteiger charge is 2.43. The summed E-state index contributed by atoms with van der Waals surface area (Å²) in [5.74, 6) is 0.0563. The quantitative estimate of drug-likeness (QED) is 0.818. The van der Waals surface area contributed by atoms with Crippen LogP contribution in [0, 0.1) is 0 Å². The molecule has 0 aromatic heterocycles. The van der Waals surface area contributed by atoms with Crippen molar-refractivity contribution in [2.24, 2.45) is 0 Å². The number of hydrogen-bond acceptors (Lipinski definition) is 2. The molecule has 23 heavy (non-hydrogen) atoms. The van der Waals surface area contributed by atoms with Gasteiger partial charge in [0, 0.05) is 30.1 Å². The van der Waals surface area contributed by atoms with Crippen molar-refractivity contribution < 1.29 is 4.79 Å². The number of rotatable bonds is 7. The molecule has 0 aliphatic heterocycles. The third-order valence-electron chi connectivity index (χ3n) is 4.58. The van der Waals surface area contributed by atoms with Crippen LogP contribution in [0.3, 0.4) is 0 Å². The fourth-order valence-corrected chi connectivity index (χ4v) is 2.96. The van der Waals surface area contributed by atoms with Crippen molar-refractivity contribution in [2.75, 3.05) is 11.9 Å². The minimum absolute atomic E-state index is 0.0563. The number of hydrogen-bond donors (Lipinski definition) is 2. The van der Waals surface area contributed by atoms with Crippen molar-refractivity contribution in [3.8, 4) is 0 Å². The highest BCUT2D eigenvalue weighted by atomic mass is 16.1. The highest BCUT2D eigenvalue weighted by molar-refractivity contribution is 5.90. The molecule has 1 atom stereocenters. The molecular formula is C20H24N2O.